The van der Waals surface area contributed by atoms with Crippen molar-refractivity contribution in [2.24, 2.45) is 0 Å². The smallest absolute Gasteiger partial charge is 0.459 e. The van der Waals surface area contributed by atoms with E-state index in [1.54, 1.807) is 57.2 Å². The Hall–Kier alpha value is -1.98. The molecular formula is C22H28Cl2N3O8P. The molecule has 5 atom stereocenters. The van der Waals surface area contributed by atoms with Gasteiger partial charge < -0.3 is 19.1 Å². The van der Waals surface area contributed by atoms with Crippen molar-refractivity contribution in [3.05, 3.63) is 58.8 Å². The molecule has 1 fully saturated rings. The van der Waals surface area contributed by atoms with Crippen LogP contribution in [-0.2, 0) is 23.4 Å². The summed E-state index contributed by atoms with van der Waals surface area (Å²) in [6.45, 7) is 5.91. The van der Waals surface area contributed by atoms with Crippen molar-refractivity contribution < 1.29 is 33.0 Å². The van der Waals surface area contributed by atoms with Gasteiger partial charge in [0.2, 0.25) is 0 Å². The fourth-order valence-electron chi connectivity index (χ4n) is 3.29. The van der Waals surface area contributed by atoms with Gasteiger partial charge in [0.05, 0.1) is 12.7 Å². The molecule has 2 heterocycles. The minimum atomic E-state index is -4.23. The summed E-state index contributed by atoms with van der Waals surface area (Å²) in [6.07, 6.45) is -3.08. The largest absolute Gasteiger partial charge is 0.462 e. The molecule has 1 saturated heterocycles. The van der Waals surface area contributed by atoms with Gasteiger partial charge in [-0.3, -0.25) is 13.9 Å². The van der Waals surface area contributed by atoms with E-state index in [0.29, 0.717) is 5.69 Å². The maximum Gasteiger partial charge on any atom is 0.459 e. The Labute approximate surface area is 218 Å². The molecule has 1 aliphatic heterocycles. The van der Waals surface area contributed by atoms with Gasteiger partial charge in [0.25, 0.3) is 0 Å². The van der Waals surface area contributed by atoms with Crippen molar-refractivity contribution in [1.29, 1.82) is 0 Å². The number of para-hydroxylation sites is 1. The molecule has 0 amide bonds. The minimum Gasteiger partial charge on any atom is -0.462 e. The van der Waals surface area contributed by atoms with Gasteiger partial charge in [-0.2, -0.15) is 10.1 Å². The summed E-state index contributed by atoms with van der Waals surface area (Å²) in [4.78, 5) is 28.4. The Morgan fingerprint density at radius 2 is 1.94 bits per heavy atom. The number of aryl methyl sites for hydroxylation is 1. The van der Waals surface area contributed by atoms with E-state index < -0.39 is 60.9 Å². The van der Waals surface area contributed by atoms with E-state index in [0.717, 1.165) is 4.57 Å². The molecule has 14 heteroatoms. The Morgan fingerprint density at radius 1 is 1.28 bits per heavy atom. The Kier molecular flexibility index (Phi) is 9.21. The Morgan fingerprint density at radius 3 is 2.56 bits per heavy atom. The van der Waals surface area contributed by atoms with Crippen LogP contribution in [0.25, 0.3) is 0 Å². The lowest BCUT2D eigenvalue weighted by atomic mass is 10.2. The van der Waals surface area contributed by atoms with Crippen LogP contribution < -0.4 is 15.3 Å². The zero-order chi connectivity index (χ0) is 26.7. The van der Waals surface area contributed by atoms with Crippen LogP contribution in [-0.4, -0.2) is 55.9 Å². The van der Waals surface area contributed by atoms with Gasteiger partial charge in [-0.05, 0) is 45.9 Å². The van der Waals surface area contributed by atoms with Crippen molar-refractivity contribution in [2.45, 2.75) is 62.6 Å². The van der Waals surface area contributed by atoms with Crippen molar-refractivity contribution >= 4 is 36.9 Å². The van der Waals surface area contributed by atoms with Crippen LogP contribution in [0, 0.1) is 6.92 Å². The van der Waals surface area contributed by atoms with Gasteiger partial charge in [0, 0.05) is 11.9 Å². The average molecular weight is 564 g/mol. The second kappa shape index (κ2) is 11.6. The molecule has 1 aromatic heterocycles. The SMILES string of the molecule is Cc1ccn([C@@H]2O[C@H](COP(=O)(N[C@H](C)C(=O)OC(C)C)Oc3ccccc3)[C@@H](O)C2(Cl)Cl)c(=O)n1. The summed E-state index contributed by atoms with van der Waals surface area (Å²) in [7, 11) is -4.23. The molecule has 2 N–H and O–H groups in total. The number of aromatic nitrogens is 2. The highest BCUT2D eigenvalue weighted by Crippen LogP contribution is 2.49. The molecule has 11 nitrogen and oxygen atoms in total. The molecule has 1 aromatic carbocycles. The molecule has 3 rings (SSSR count). The van der Waals surface area contributed by atoms with Crippen LogP contribution in [0.15, 0.2) is 47.4 Å². The molecule has 1 aliphatic rings. The van der Waals surface area contributed by atoms with Gasteiger partial charge in [-0.15, -0.1) is 0 Å². The number of aliphatic hydroxyl groups excluding tert-OH is 1. The minimum absolute atomic E-state index is 0.199. The standard InChI is InChI=1S/C22H28Cl2N3O8P/c1-13(2)33-19(29)15(4)26-36(31,35-16-8-6-5-7-9-16)32-12-17-18(28)22(23,24)20(34-17)27-11-10-14(3)25-21(27)30/h5-11,13,15,17-18,20,28H,12H2,1-4H3,(H,26,31)/t15-,17-,18-,20-,36?/m1/s1. The number of nitrogens with zero attached hydrogens (tertiary/aromatic N) is 2. The highest BCUT2D eigenvalue weighted by atomic mass is 35.5. The zero-order valence-corrected chi connectivity index (χ0v) is 22.4. The highest BCUT2D eigenvalue weighted by Gasteiger charge is 2.56. The number of carbonyl (C=O) groups excluding carboxylic acids is 1. The van der Waals surface area contributed by atoms with Crippen LogP contribution >= 0.6 is 30.9 Å². The maximum absolute atomic E-state index is 13.6. The molecular weight excluding hydrogens is 536 g/mol. The number of alkyl halides is 2. The van der Waals surface area contributed by atoms with E-state index in [-0.39, 0.29) is 5.75 Å². The quantitative estimate of drug-likeness (QED) is 0.252. The first-order valence-corrected chi connectivity index (χ1v) is 13.4. The number of esters is 1. The molecule has 1 unspecified atom stereocenters. The van der Waals surface area contributed by atoms with E-state index in [9.17, 15) is 19.3 Å². The number of benzene rings is 1. The summed E-state index contributed by atoms with van der Waals surface area (Å²) in [5, 5.41) is 13.3. The average Bonchev–Trinajstić information content (AvgIpc) is 3.01. The number of hydrogen-bond donors (Lipinski definition) is 2. The lowest BCUT2D eigenvalue weighted by molar-refractivity contribution is -0.149. The second-order valence-corrected chi connectivity index (χ2v) is 11.6. The second-order valence-electron chi connectivity index (χ2n) is 8.44. The number of halogens is 2. The van der Waals surface area contributed by atoms with Gasteiger partial charge in [-0.25, -0.2) is 9.36 Å². The number of carbonyl (C=O) groups is 1. The summed E-state index contributed by atoms with van der Waals surface area (Å²) >= 11 is 12.7. The number of ether oxygens (including phenoxy) is 2. The van der Waals surface area contributed by atoms with Crippen LogP contribution in [0.1, 0.15) is 32.7 Å². The van der Waals surface area contributed by atoms with E-state index in [1.807, 2.05) is 0 Å². The van der Waals surface area contributed by atoms with E-state index in [4.69, 9.17) is 41.7 Å². The molecule has 0 saturated carbocycles. The van der Waals surface area contributed by atoms with E-state index >= 15 is 0 Å². The highest BCUT2D eigenvalue weighted by molar-refractivity contribution is 7.52. The lowest BCUT2D eigenvalue weighted by Gasteiger charge is -2.25. The summed E-state index contributed by atoms with van der Waals surface area (Å²) in [5.41, 5.74) is -0.212. The van der Waals surface area contributed by atoms with Gasteiger partial charge in [0.15, 0.2) is 10.6 Å². The van der Waals surface area contributed by atoms with Crippen molar-refractivity contribution in [2.75, 3.05) is 6.61 Å². The molecule has 0 bridgehead atoms. The van der Waals surface area contributed by atoms with Gasteiger partial charge in [-0.1, -0.05) is 41.4 Å². The monoisotopic (exact) mass is 563 g/mol. The number of hydrogen-bond acceptors (Lipinski definition) is 9. The van der Waals surface area contributed by atoms with Crippen LogP contribution in [0.5, 0.6) is 5.75 Å². The van der Waals surface area contributed by atoms with Gasteiger partial charge >= 0.3 is 19.4 Å². The molecule has 2 aromatic rings. The molecule has 198 valence electrons. The first-order chi connectivity index (χ1) is 16.8. The van der Waals surface area contributed by atoms with E-state index in [2.05, 4.69) is 10.1 Å². The third-order valence-corrected chi connectivity index (χ3v) is 7.50. The number of rotatable bonds is 10. The third-order valence-electron chi connectivity index (χ3n) is 5.04. The van der Waals surface area contributed by atoms with Crippen LogP contribution in [0.2, 0.25) is 0 Å². The normalized spacial score (nSPS) is 23.7. The first kappa shape index (κ1) is 28.6. The third kappa shape index (κ3) is 6.86. The predicted molar refractivity (Wildman–Crippen MR) is 132 cm³/mol. The summed E-state index contributed by atoms with van der Waals surface area (Å²) in [6, 6.07) is 8.63. The summed E-state index contributed by atoms with van der Waals surface area (Å²) in [5.74, 6) is -0.473. The molecule has 0 spiro atoms. The summed E-state index contributed by atoms with van der Waals surface area (Å²) < 4.78 is 34.7. The zero-order valence-electron chi connectivity index (χ0n) is 20.0. The first-order valence-electron chi connectivity index (χ1n) is 11.1. The molecule has 36 heavy (non-hydrogen) atoms. The molecule has 0 aliphatic carbocycles. The fraction of sp³-hybridized carbons (Fsp3) is 0.500. The Bertz CT molecular complexity index is 1160. The van der Waals surface area contributed by atoms with Crippen LogP contribution in [0.3, 0.4) is 0 Å². The lowest BCUT2D eigenvalue weighted by Crippen LogP contribution is -2.40. The van der Waals surface area contributed by atoms with Gasteiger partial charge in [0.1, 0.15) is 24.0 Å². The topological polar surface area (TPSA) is 138 Å². The Balaban J connectivity index is 1.79. The van der Waals surface area contributed by atoms with E-state index in [1.165, 1.54) is 13.1 Å². The van der Waals surface area contributed by atoms with Crippen molar-refractivity contribution in [3.8, 4) is 5.75 Å². The maximum atomic E-state index is 13.6. The predicted octanol–water partition coefficient (Wildman–Crippen LogP) is 3.12. The number of nitrogens with one attached hydrogen (secondary N) is 1. The fourth-order valence-corrected chi connectivity index (χ4v) is 5.38. The van der Waals surface area contributed by atoms with Crippen LogP contribution in [0.4, 0.5) is 0 Å². The van der Waals surface area contributed by atoms with Crippen molar-refractivity contribution in [3.63, 3.8) is 0 Å². The van der Waals surface area contributed by atoms with Crippen molar-refractivity contribution in [1.82, 2.24) is 14.6 Å². The molecule has 0 radical (unpaired) electrons. The number of aliphatic hydroxyl groups is 1.